The molecule has 2 rings (SSSR count). The Balaban J connectivity index is 2.11. The van der Waals surface area contributed by atoms with E-state index in [1.165, 1.54) is 29.7 Å². The molecule has 2 heteroatoms. The second-order valence-corrected chi connectivity index (χ2v) is 5.08. The van der Waals surface area contributed by atoms with Gasteiger partial charge in [-0.05, 0) is 36.1 Å². The number of hydrogen-bond acceptors (Lipinski definition) is 2. The highest BCUT2D eigenvalue weighted by atomic mass is 16.5. The second kappa shape index (κ2) is 8.25. The topological polar surface area (TPSA) is 21.6 Å². The van der Waals surface area contributed by atoms with Crippen molar-refractivity contribution in [1.29, 1.82) is 0 Å². The van der Waals surface area contributed by atoms with Crippen molar-refractivity contribution in [3.05, 3.63) is 65.7 Å². The summed E-state index contributed by atoms with van der Waals surface area (Å²) in [5.74, 6) is 0.886. The molecule has 0 aliphatic carbocycles. The molecule has 0 aromatic heterocycles. The van der Waals surface area contributed by atoms with E-state index in [1.807, 2.05) is 18.2 Å². The fourth-order valence-corrected chi connectivity index (χ4v) is 2.21. The van der Waals surface area contributed by atoms with Crippen molar-refractivity contribution < 1.29 is 4.74 Å². The number of benzene rings is 2. The minimum atomic E-state index is 0.720. The first-order valence-corrected chi connectivity index (χ1v) is 7.55. The first-order valence-electron chi connectivity index (χ1n) is 7.55. The van der Waals surface area contributed by atoms with Crippen molar-refractivity contribution in [2.75, 3.05) is 7.11 Å². The van der Waals surface area contributed by atoms with Crippen LogP contribution in [0.15, 0.2) is 59.6 Å². The van der Waals surface area contributed by atoms with E-state index in [1.54, 1.807) is 7.11 Å². The number of ether oxygens (including phenoxy) is 1. The summed E-state index contributed by atoms with van der Waals surface area (Å²) < 4.78 is 5.18. The van der Waals surface area contributed by atoms with Gasteiger partial charge >= 0.3 is 0 Å². The van der Waals surface area contributed by atoms with E-state index in [2.05, 4.69) is 43.3 Å². The largest absolute Gasteiger partial charge is 0.497 e. The molecule has 0 atom stereocenters. The van der Waals surface area contributed by atoms with Gasteiger partial charge in [-0.2, -0.15) is 0 Å². The van der Waals surface area contributed by atoms with E-state index in [0.29, 0.717) is 0 Å². The summed E-state index contributed by atoms with van der Waals surface area (Å²) in [7, 11) is 1.69. The van der Waals surface area contributed by atoms with Crippen LogP contribution in [0.1, 0.15) is 37.3 Å². The molecule has 0 spiro atoms. The lowest BCUT2D eigenvalue weighted by Gasteiger charge is -2.07. The minimum Gasteiger partial charge on any atom is -0.497 e. The molecule has 110 valence electrons. The number of hydrogen-bond donors (Lipinski definition) is 0. The molecule has 0 radical (unpaired) electrons. The molecular formula is C19H23NO. The molecule has 2 nitrogen and oxygen atoms in total. The van der Waals surface area contributed by atoms with Gasteiger partial charge in [-0.1, -0.05) is 55.8 Å². The van der Waals surface area contributed by atoms with Gasteiger partial charge in [0.1, 0.15) is 5.75 Å². The van der Waals surface area contributed by atoms with Gasteiger partial charge in [-0.3, -0.25) is 4.99 Å². The fourth-order valence-electron chi connectivity index (χ4n) is 2.21. The van der Waals surface area contributed by atoms with Gasteiger partial charge in [0.2, 0.25) is 0 Å². The number of aliphatic imine (C=N–C) groups is 1. The Morgan fingerprint density at radius 2 is 1.71 bits per heavy atom. The molecule has 0 saturated heterocycles. The molecule has 0 unspecified atom stereocenters. The number of methoxy groups -OCH3 is 1. The summed E-state index contributed by atoms with van der Waals surface area (Å²) in [5, 5.41) is 0. The lowest BCUT2D eigenvalue weighted by molar-refractivity contribution is 0.414. The smallest absolute Gasteiger partial charge is 0.118 e. The molecule has 0 heterocycles. The quantitative estimate of drug-likeness (QED) is 0.663. The maximum atomic E-state index is 5.18. The van der Waals surface area contributed by atoms with E-state index in [-0.39, 0.29) is 0 Å². The minimum absolute atomic E-state index is 0.720. The maximum absolute atomic E-state index is 5.18. The summed E-state index contributed by atoms with van der Waals surface area (Å²) in [5.41, 5.74) is 3.65. The van der Waals surface area contributed by atoms with Crippen LogP contribution >= 0.6 is 0 Å². The Morgan fingerprint density at radius 1 is 1.00 bits per heavy atom. The molecule has 0 fully saturated rings. The van der Waals surface area contributed by atoms with Crippen LogP contribution in [0, 0.1) is 0 Å². The fraction of sp³-hybridized carbons (Fsp3) is 0.316. The molecular weight excluding hydrogens is 258 g/mol. The van der Waals surface area contributed by atoms with E-state index >= 15 is 0 Å². The predicted octanol–water partition coefficient (Wildman–Crippen LogP) is 4.87. The van der Waals surface area contributed by atoms with Crippen molar-refractivity contribution >= 4 is 5.71 Å². The van der Waals surface area contributed by atoms with E-state index in [4.69, 9.17) is 9.73 Å². The molecule has 0 N–H and O–H groups in total. The normalized spacial score (nSPS) is 11.4. The monoisotopic (exact) mass is 281 g/mol. The third-order valence-corrected chi connectivity index (χ3v) is 3.49. The second-order valence-electron chi connectivity index (χ2n) is 5.08. The average Bonchev–Trinajstić information content (AvgIpc) is 2.56. The highest BCUT2D eigenvalue weighted by Gasteiger charge is 2.02. The van der Waals surface area contributed by atoms with Gasteiger partial charge in [0, 0.05) is 5.71 Å². The Kier molecular flexibility index (Phi) is 6.01. The van der Waals surface area contributed by atoms with E-state index in [9.17, 15) is 0 Å². The molecule has 0 aliphatic rings. The first kappa shape index (κ1) is 15.3. The molecule has 21 heavy (non-hydrogen) atoms. The zero-order chi connectivity index (χ0) is 14.9. The van der Waals surface area contributed by atoms with E-state index in [0.717, 1.165) is 18.7 Å². The van der Waals surface area contributed by atoms with Gasteiger partial charge in [0.05, 0.1) is 13.7 Å². The highest BCUT2D eigenvalue weighted by molar-refractivity contribution is 6.00. The van der Waals surface area contributed by atoms with Crippen LogP contribution < -0.4 is 4.74 Å². The van der Waals surface area contributed by atoms with Crippen LogP contribution in [0.4, 0.5) is 0 Å². The number of unbranched alkanes of at least 4 members (excludes halogenated alkanes) is 1. The van der Waals surface area contributed by atoms with Gasteiger partial charge < -0.3 is 4.74 Å². The van der Waals surface area contributed by atoms with Gasteiger partial charge in [0.15, 0.2) is 0 Å². The standard InChI is InChI=1S/C19H23NO/c1-3-4-10-19(17-8-6-5-7-9-17)20-15-16-11-13-18(21-2)14-12-16/h5-9,11-14H,3-4,10,15H2,1-2H3. The van der Waals surface area contributed by atoms with Crippen LogP contribution in [0.2, 0.25) is 0 Å². The van der Waals surface area contributed by atoms with Crippen LogP contribution in [0.25, 0.3) is 0 Å². The van der Waals surface area contributed by atoms with Crippen molar-refractivity contribution in [3.8, 4) is 5.75 Å². The molecule has 0 saturated carbocycles. The van der Waals surface area contributed by atoms with Gasteiger partial charge in [-0.15, -0.1) is 0 Å². The summed E-state index contributed by atoms with van der Waals surface area (Å²) in [6.45, 7) is 2.93. The molecule has 0 amide bonds. The van der Waals surface area contributed by atoms with Crippen LogP contribution in [0.5, 0.6) is 5.75 Å². The zero-order valence-electron chi connectivity index (χ0n) is 12.9. The van der Waals surface area contributed by atoms with Crippen LogP contribution in [-0.4, -0.2) is 12.8 Å². The van der Waals surface area contributed by atoms with Crippen LogP contribution in [-0.2, 0) is 6.54 Å². The van der Waals surface area contributed by atoms with Crippen molar-refractivity contribution in [3.63, 3.8) is 0 Å². The summed E-state index contributed by atoms with van der Waals surface area (Å²) in [6.07, 6.45) is 3.40. The SMILES string of the molecule is CCCCC(=NCc1ccc(OC)cc1)c1ccccc1. The average molecular weight is 281 g/mol. The number of rotatable bonds is 7. The lowest BCUT2D eigenvalue weighted by atomic mass is 10.0. The van der Waals surface area contributed by atoms with Crippen molar-refractivity contribution in [1.82, 2.24) is 0 Å². The Morgan fingerprint density at radius 3 is 2.33 bits per heavy atom. The molecule has 0 bridgehead atoms. The molecule has 2 aromatic rings. The Labute approximate surface area is 127 Å². The van der Waals surface area contributed by atoms with Crippen molar-refractivity contribution in [2.45, 2.75) is 32.7 Å². The molecule has 0 aliphatic heterocycles. The van der Waals surface area contributed by atoms with Crippen molar-refractivity contribution in [2.24, 2.45) is 4.99 Å². The Hall–Kier alpha value is -2.09. The summed E-state index contributed by atoms with van der Waals surface area (Å²) in [4.78, 5) is 4.83. The zero-order valence-corrected chi connectivity index (χ0v) is 12.9. The summed E-state index contributed by atoms with van der Waals surface area (Å²) >= 11 is 0. The maximum Gasteiger partial charge on any atom is 0.118 e. The number of nitrogens with zero attached hydrogens (tertiary/aromatic N) is 1. The van der Waals surface area contributed by atoms with Gasteiger partial charge in [-0.25, -0.2) is 0 Å². The first-order chi connectivity index (χ1) is 10.3. The third kappa shape index (κ3) is 4.75. The van der Waals surface area contributed by atoms with E-state index < -0.39 is 0 Å². The summed E-state index contributed by atoms with van der Waals surface area (Å²) in [6, 6.07) is 18.6. The Bertz CT molecular complexity index is 558. The predicted molar refractivity (Wildman–Crippen MR) is 89.2 cm³/mol. The van der Waals surface area contributed by atoms with Gasteiger partial charge in [0.25, 0.3) is 0 Å². The van der Waals surface area contributed by atoms with Crippen LogP contribution in [0.3, 0.4) is 0 Å². The molecule has 2 aromatic carbocycles. The highest BCUT2D eigenvalue weighted by Crippen LogP contribution is 2.14. The third-order valence-electron chi connectivity index (χ3n) is 3.49. The lowest BCUT2D eigenvalue weighted by Crippen LogP contribution is -2.01.